The lowest BCUT2D eigenvalue weighted by atomic mass is 9.96. The van der Waals surface area contributed by atoms with Crippen LogP contribution in [0.1, 0.15) is 60.9 Å². The van der Waals surface area contributed by atoms with Gasteiger partial charge in [0, 0.05) is 34.8 Å². The van der Waals surface area contributed by atoms with Gasteiger partial charge in [0.15, 0.2) is 5.13 Å². The number of aryl methyl sites for hydroxylation is 3. The van der Waals surface area contributed by atoms with Crippen LogP contribution in [0.5, 0.6) is 0 Å². The van der Waals surface area contributed by atoms with Gasteiger partial charge in [0.1, 0.15) is 22.7 Å². The zero-order valence-corrected chi connectivity index (χ0v) is 21.3. The molecule has 1 N–H and O–H groups in total. The SMILES string of the molecule is Cc1nc(NC(=O)c2csc(C3CCN(C(=O)c4c(-c5ccccc5)noc4C)CC3)n2)sc1C. The van der Waals surface area contributed by atoms with Crippen molar-refractivity contribution in [3.05, 3.63) is 68.3 Å². The molecule has 5 rings (SSSR count). The van der Waals surface area contributed by atoms with Crippen molar-refractivity contribution in [1.82, 2.24) is 20.0 Å². The minimum absolute atomic E-state index is 0.0608. The number of rotatable bonds is 5. The molecular weight excluding hydrogens is 482 g/mol. The van der Waals surface area contributed by atoms with Gasteiger partial charge in [-0.25, -0.2) is 9.97 Å². The number of piperidine rings is 1. The molecule has 1 aliphatic heterocycles. The Morgan fingerprint density at radius 1 is 1.09 bits per heavy atom. The molecule has 180 valence electrons. The standard InChI is InChI=1S/C25H25N5O3S2/c1-14-16(3)35-25(26-14)28-22(31)19-13-34-23(27-19)18-9-11-30(12-10-18)24(32)20-15(2)33-29-21(20)17-7-5-4-6-8-17/h4-8,13,18H,9-12H2,1-3H3,(H,26,28,31). The number of thiazole rings is 2. The summed E-state index contributed by atoms with van der Waals surface area (Å²) in [6.45, 7) is 6.90. The molecule has 3 aromatic heterocycles. The van der Waals surface area contributed by atoms with Crippen LogP contribution >= 0.6 is 22.7 Å². The van der Waals surface area contributed by atoms with Crippen LogP contribution in [-0.2, 0) is 0 Å². The molecule has 2 amide bonds. The minimum Gasteiger partial charge on any atom is -0.360 e. The van der Waals surface area contributed by atoms with Crippen LogP contribution in [0, 0.1) is 20.8 Å². The Labute approximate surface area is 211 Å². The van der Waals surface area contributed by atoms with Crippen LogP contribution in [0.3, 0.4) is 0 Å². The van der Waals surface area contributed by atoms with Gasteiger partial charge in [-0.15, -0.1) is 22.7 Å². The van der Waals surface area contributed by atoms with Gasteiger partial charge >= 0.3 is 0 Å². The first-order valence-corrected chi connectivity index (χ1v) is 13.1. The second-order valence-electron chi connectivity index (χ2n) is 8.58. The summed E-state index contributed by atoms with van der Waals surface area (Å²) in [6.07, 6.45) is 1.58. The van der Waals surface area contributed by atoms with E-state index in [1.54, 1.807) is 12.3 Å². The van der Waals surface area contributed by atoms with Crippen molar-refractivity contribution < 1.29 is 14.1 Å². The molecule has 0 spiro atoms. The van der Waals surface area contributed by atoms with Crippen molar-refractivity contribution in [3.8, 4) is 11.3 Å². The van der Waals surface area contributed by atoms with Gasteiger partial charge in [-0.05, 0) is 33.6 Å². The monoisotopic (exact) mass is 507 g/mol. The van der Waals surface area contributed by atoms with E-state index < -0.39 is 0 Å². The van der Waals surface area contributed by atoms with E-state index in [-0.39, 0.29) is 17.7 Å². The number of benzene rings is 1. The number of amides is 2. The molecule has 0 unspecified atom stereocenters. The van der Waals surface area contributed by atoms with Gasteiger partial charge in [0.05, 0.1) is 10.7 Å². The largest absolute Gasteiger partial charge is 0.360 e. The lowest BCUT2D eigenvalue weighted by Crippen LogP contribution is -2.38. The minimum atomic E-state index is -0.245. The fourth-order valence-electron chi connectivity index (χ4n) is 4.17. The fourth-order valence-corrected chi connectivity index (χ4v) is 5.95. The van der Waals surface area contributed by atoms with Crippen molar-refractivity contribution >= 4 is 39.6 Å². The van der Waals surface area contributed by atoms with Crippen LogP contribution < -0.4 is 5.32 Å². The highest BCUT2D eigenvalue weighted by atomic mass is 32.1. The Balaban J connectivity index is 1.23. The summed E-state index contributed by atoms with van der Waals surface area (Å²) in [5.74, 6) is 0.434. The molecule has 1 aliphatic rings. The van der Waals surface area contributed by atoms with Crippen molar-refractivity contribution in [2.45, 2.75) is 39.5 Å². The van der Waals surface area contributed by atoms with E-state index in [0.29, 0.717) is 40.9 Å². The summed E-state index contributed by atoms with van der Waals surface area (Å²) < 4.78 is 5.38. The summed E-state index contributed by atoms with van der Waals surface area (Å²) in [5.41, 5.74) is 3.29. The molecule has 0 aliphatic carbocycles. The van der Waals surface area contributed by atoms with Gasteiger partial charge in [-0.3, -0.25) is 14.9 Å². The number of nitrogens with one attached hydrogen (secondary N) is 1. The van der Waals surface area contributed by atoms with E-state index in [4.69, 9.17) is 4.52 Å². The van der Waals surface area contributed by atoms with Gasteiger partial charge < -0.3 is 9.42 Å². The number of carbonyl (C=O) groups excluding carboxylic acids is 2. The zero-order chi connectivity index (χ0) is 24.5. The van der Waals surface area contributed by atoms with E-state index in [0.717, 1.165) is 34.0 Å². The molecule has 4 heterocycles. The lowest BCUT2D eigenvalue weighted by molar-refractivity contribution is 0.0712. The van der Waals surface area contributed by atoms with Crippen molar-refractivity contribution in [2.24, 2.45) is 0 Å². The van der Waals surface area contributed by atoms with Crippen molar-refractivity contribution in [1.29, 1.82) is 0 Å². The topological polar surface area (TPSA) is 101 Å². The molecule has 1 saturated heterocycles. The second kappa shape index (κ2) is 9.71. The van der Waals surface area contributed by atoms with Crippen molar-refractivity contribution in [3.63, 3.8) is 0 Å². The molecular formula is C25H25N5O3S2. The molecule has 0 saturated carbocycles. The maximum Gasteiger partial charge on any atom is 0.276 e. The molecule has 0 radical (unpaired) electrons. The Morgan fingerprint density at radius 3 is 2.51 bits per heavy atom. The van der Waals surface area contributed by atoms with Gasteiger partial charge in [-0.2, -0.15) is 0 Å². The Morgan fingerprint density at radius 2 is 1.83 bits per heavy atom. The number of carbonyl (C=O) groups is 2. The highest BCUT2D eigenvalue weighted by Crippen LogP contribution is 2.33. The van der Waals surface area contributed by atoms with E-state index in [9.17, 15) is 9.59 Å². The normalized spacial score (nSPS) is 14.3. The smallest absolute Gasteiger partial charge is 0.276 e. The van der Waals surface area contributed by atoms with Gasteiger partial charge in [0.2, 0.25) is 0 Å². The van der Waals surface area contributed by atoms with Crippen LogP contribution in [0.4, 0.5) is 5.13 Å². The number of hydrogen-bond acceptors (Lipinski definition) is 8. The van der Waals surface area contributed by atoms with Crippen LogP contribution in [0.15, 0.2) is 40.2 Å². The Bertz CT molecular complexity index is 1350. The third-order valence-corrected chi connectivity index (χ3v) is 8.25. The highest BCUT2D eigenvalue weighted by Gasteiger charge is 2.31. The Kier molecular flexibility index (Phi) is 6.48. The third-order valence-electron chi connectivity index (χ3n) is 6.26. The summed E-state index contributed by atoms with van der Waals surface area (Å²) in [7, 11) is 0. The average Bonchev–Trinajstić information content (AvgIpc) is 3.58. The number of aromatic nitrogens is 3. The summed E-state index contributed by atoms with van der Waals surface area (Å²) in [6, 6.07) is 9.61. The fraction of sp³-hybridized carbons (Fsp3) is 0.320. The first-order valence-electron chi connectivity index (χ1n) is 11.4. The number of hydrogen-bond donors (Lipinski definition) is 1. The molecule has 10 heteroatoms. The van der Waals surface area contributed by atoms with Crippen LogP contribution in [0.25, 0.3) is 11.3 Å². The van der Waals surface area contributed by atoms with E-state index in [2.05, 4.69) is 20.4 Å². The van der Waals surface area contributed by atoms with Crippen LogP contribution in [-0.4, -0.2) is 44.9 Å². The Hall–Kier alpha value is -3.37. The highest BCUT2D eigenvalue weighted by molar-refractivity contribution is 7.15. The van der Waals surface area contributed by atoms with Gasteiger partial charge in [0.25, 0.3) is 11.8 Å². The molecule has 35 heavy (non-hydrogen) atoms. The zero-order valence-electron chi connectivity index (χ0n) is 19.7. The van der Waals surface area contributed by atoms with E-state index in [1.165, 1.54) is 22.7 Å². The average molecular weight is 508 g/mol. The first-order chi connectivity index (χ1) is 16.9. The summed E-state index contributed by atoms with van der Waals surface area (Å²) in [4.78, 5) is 37.9. The van der Waals surface area contributed by atoms with Crippen molar-refractivity contribution in [2.75, 3.05) is 18.4 Å². The molecule has 0 atom stereocenters. The quantitative estimate of drug-likeness (QED) is 0.385. The maximum atomic E-state index is 13.4. The molecule has 1 aromatic carbocycles. The first kappa shape index (κ1) is 23.4. The predicted octanol–water partition coefficient (Wildman–Crippen LogP) is 5.45. The van der Waals surface area contributed by atoms with Crippen LogP contribution in [0.2, 0.25) is 0 Å². The molecule has 0 bridgehead atoms. The number of anilines is 1. The number of likely N-dealkylation sites (tertiary alicyclic amines) is 1. The number of nitrogens with zero attached hydrogens (tertiary/aromatic N) is 4. The second-order valence-corrected chi connectivity index (χ2v) is 10.7. The van der Waals surface area contributed by atoms with Gasteiger partial charge in [-0.1, -0.05) is 35.5 Å². The molecule has 1 fully saturated rings. The lowest BCUT2D eigenvalue weighted by Gasteiger charge is -2.31. The van der Waals surface area contributed by atoms with E-state index >= 15 is 0 Å². The maximum absolute atomic E-state index is 13.4. The summed E-state index contributed by atoms with van der Waals surface area (Å²) in [5, 5.41) is 10.3. The predicted molar refractivity (Wildman–Crippen MR) is 136 cm³/mol. The molecule has 4 aromatic rings. The summed E-state index contributed by atoms with van der Waals surface area (Å²) >= 11 is 2.95. The molecule has 8 nitrogen and oxygen atoms in total. The third kappa shape index (κ3) is 4.76. The van der Waals surface area contributed by atoms with E-state index in [1.807, 2.05) is 49.1 Å².